The normalized spacial score (nSPS) is 11.9. The van der Waals surface area contributed by atoms with Gasteiger partial charge in [-0.3, -0.25) is 4.79 Å². The summed E-state index contributed by atoms with van der Waals surface area (Å²) in [6.45, 7) is 0. The number of hydrogen-bond acceptors (Lipinski definition) is 4. The summed E-state index contributed by atoms with van der Waals surface area (Å²) in [6, 6.07) is 3.69. The number of fused-ring (bicyclic) bond motifs is 1. The molecule has 0 saturated heterocycles. The number of H-pyrrole nitrogens is 1. The Balaban J connectivity index is 3.09. The molecule has 90 valence electrons. The molecule has 2 aromatic rings. The monoisotopic (exact) mass is 337 g/mol. The lowest BCUT2D eigenvalue weighted by molar-refractivity contribution is 0.480. The van der Waals surface area contributed by atoms with E-state index < -0.39 is 14.6 Å². The lowest BCUT2D eigenvalue weighted by atomic mass is 10.2. The molecule has 17 heavy (non-hydrogen) atoms. The van der Waals surface area contributed by atoms with E-state index in [9.17, 15) is 18.3 Å². The summed E-state index contributed by atoms with van der Waals surface area (Å²) in [7, 11) is 1.24. The minimum absolute atomic E-state index is 0.0202. The highest BCUT2D eigenvalue weighted by Crippen LogP contribution is 2.31. The van der Waals surface area contributed by atoms with Crippen molar-refractivity contribution in [2.24, 2.45) is 0 Å². The number of aromatic amines is 1. The average molecular weight is 339 g/mol. The van der Waals surface area contributed by atoms with Gasteiger partial charge in [-0.2, -0.15) is 0 Å². The van der Waals surface area contributed by atoms with Gasteiger partial charge in [-0.1, -0.05) is 15.9 Å². The fraction of sp³-hybridized carbons (Fsp3) is 0. The first-order chi connectivity index (χ1) is 7.79. The summed E-state index contributed by atoms with van der Waals surface area (Å²) in [5.74, 6) is -0.313. The van der Waals surface area contributed by atoms with Crippen LogP contribution in [-0.4, -0.2) is 18.5 Å². The number of benzene rings is 1. The zero-order valence-electron chi connectivity index (χ0n) is 8.07. The third-order valence-electron chi connectivity index (χ3n) is 2.12. The maximum atomic E-state index is 11.4. The molecule has 0 atom stereocenters. The highest BCUT2D eigenvalue weighted by atomic mass is 79.9. The quantitative estimate of drug-likeness (QED) is 0.778. The van der Waals surface area contributed by atoms with Crippen LogP contribution in [0.5, 0.6) is 5.75 Å². The Morgan fingerprint density at radius 3 is 2.53 bits per heavy atom. The van der Waals surface area contributed by atoms with Crippen LogP contribution in [-0.2, 0) is 9.05 Å². The molecule has 0 saturated carbocycles. The Bertz CT molecular complexity index is 768. The van der Waals surface area contributed by atoms with Crippen molar-refractivity contribution in [3.8, 4) is 5.75 Å². The van der Waals surface area contributed by atoms with E-state index in [-0.39, 0.29) is 21.5 Å². The van der Waals surface area contributed by atoms with Crippen LogP contribution < -0.4 is 5.56 Å². The zero-order chi connectivity index (χ0) is 12.8. The summed E-state index contributed by atoms with van der Waals surface area (Å²) in [5.41, 5.74) is -0.632. The smallest absolute Gasteiger partial charge is 0.263 e. The van der Waals surface area contributed by atoms with Crippen LogP contribution in [0.2, 0.25) is 0 Å². The van der Waals surface area contributed by atoms with Crippen molar-refractivity contribution in [1.29, 1.82) is 0 Å². The fourth-order valence-electron chi connectivity index (χ4n) is 1.47. The van der Waals surface area contributed by atoms with Gasteiger partial charge in [0.1, 0.15) is 10.6 Å². The fourth-order valence-corrected chi connectivity index (χ4v) is 3.11. The Morgan fingerprint density at radius 1 is 1.29 bits per heavy atom. The third kappa shape index (κ3) is 2.31. The number of nitrogens with one attached hydrogen (secondary N) is 1. The van der Waals surface area contributed by atoms with Crippen molar-refractivity contribution in [2.75, 3.05) is 0 Å². The van der Waals surface area contributed by atoms with E-state index in [1.807, 2.05) is 0 Å². The van der Waals surface area contributed by atoms with Crippen LogP contribution in [0.4, 0.5) is 0 Å². The van der Waals surface area contributed by atoms with Crippen LogP contribution in [0.15, 0.2) is 32.4 Å². The Labute approximate surface area is 109 Å². The summed E-state index contributed by atoms with van der Waals surface area (Å²) in [5, 5.41) is 9.78. The molecule has 0 radical (unpaired) electrons. The zero-order valence-corrected chi connectivity index (χ0v) is 11.2. The summed E-state index contributed by atoms with van der Waals surface area (Å²) >= 11 is 3.10. The van der Waals surface area contributed by atoms with Gasteiger partial charge in [0.2, 0.25) is 0 Å². The average Bonchev–Trinajstić information content (AvgIpc) is 2.16. The van der Waals surface area contributed by atoms with E-state index in [0.717, 1.165) is 6.07 Å². The Hall–Kier alpha value is -1.05. The molecule has 2 rings (SSSR count). The van der Waals surface area contributed by atoms with E-state index in [2.05, 4.69) is 20.9 Å². The highest BCUT2D eigenvalue weighted by molar-refractivity contribution is 9.10. The van der Waals surface area contributed by atoms with E-state index >= 15 is 0 Å². The van der Waals surface area contributed by atoms with E-state index in [1.54, 1.807) is 0 Å². The van der Waals surface area contributed by atoms with Crippen molar-refractivity contribution >= 4 is 46.6 Å². The van der Waals surface area contributed by atoms with Gasteiger partial charge < -0.3 is 10.1 Å². The molecular formula is C9H5BrClNO4S. The first-order valence-corrected chi connectivity index (χ1v) is 7.39. The molecule has 8 heteroatoms. The molecule has 2 N–H and O–H groups in total. The number of pyridine rings is 1. The van der Waals surface area contributed by atoms with Crippen molar-refractivity contribution in [3.05, 3.63) is 33.0 Å². The van der Waals surface area contributed by atoms with Crippen molar-refractivity contribution in [3.63, 3.8) is 0 Å². The van der Waals surface area contributed by atoms with Gasteiger partial charge in [-0.25, -0.2) is 8.42 Å². The molecule has 0 bridgehead atoms. The van der Waals surface area contributed by atoms with Gasteiger partial charge in [0.25, 0.3) is 14.6 Å². The second-order valence-electron chi connectivity index (χ2n) is 3.28. The van der Waals surface area contributed by atoms with E-state index in [1.165, 1.54) is 12.1 Å². The molecule has 0 fully saturated rings. The minimum atomic E-state index is -4.02. The highest BCUT2D eigenvalue weighted by Gasteiger charge is 2.18. The predicted octanol–water partition coefficient (Wildman–Crippen LogP) is 1.92. The maximum Gasteiger partial charge on any atom is 0.263 e. The van der Waals surface area contributed by atoms with Crippen LogP contribution in [0.25, 0.3) is 10.9 Å². The lowest BCUT2D eigenvalue weighted by Crippen LogP contribution is -2.06. The maximum absolute atomic E-state index is 11.4. The summed E-state index contributed by atoms with van der Waals surface area (Å²) in [4.78, 5) is 13.3. The number of aromatic hydroxyl groups is 1. The second kappa shape index (κ2) is 4.01. The summed E-state index contributed by atoms with van der Waals surface area (Å²) in [6.07, 6.45) is 0. The van der Waals surface area contributed by atoms with Crippen LogP contribution in [0, 0.1) is 0 Å². The van der Waals surface area contributed by atoms with Gasteiger partial charge in [0.15, 0.2) is 0 Å². The molecule has 0 aliphatic carbocycles. The molecule has 0 spiro atoms. The number of hydrogen-bond donors (Lipinski definition) is 2. The van der Waals surface area contributed by atoms with Crippen molar-refractivity contribution < 1.29 is 13.5 Å². The minimum Gasteiger partial charge on any atom is -0.507 e. The molecule has 5 nitrogen and oxygen atoms in total. The van der Waals surface area contributed by atoms with Gasteiger partial charge >= 0.3 is 0 Å². The topological polar surface area (TPSA) is 87.2 Å². The van der Waals surface area contributed by atoms with Crippen molar-refractivity contribution in [1.82, 2.24) is 4.98 Å². The van der Waals surface area contributed by atoms with Gasteiger partial charge in [-0.05, 0) is 12.1 Å². The van der Waals surface area contributed by atoms with Crippen LogP contribution in [0.3, 0.4) is 0 Å². The third-order valence-corrected chi connectivity index (χ3v) is 3.93. The first kappa shape index (κ1) is 12.4. The molecule has 1 heterocycles. The second-order valence-corrected chi connectivity index (χ2v) is 6.73. The van der Waals surface area contributed by atoms with Gasteiger partial charge in [0.05, 0.1) is 5.52 Å². The van der Waals surface area contributed by atoms with Crippen LogP contribution in [0.1, 0.15) is 0 Å². The van der Waals surface area contributed by atoms with E-state index in [0.29, 0.717) is 4.47 Å². The SMILES string of the molecule is O=c1cc(O)c2cc(Br)cc(S(=O)(=O)Cl)c2[nH]1. The standard InChI is InChI=1S/C9H5BrClNO4S/c10-4-1-5-6(13)3-8(14)12-9(5)7(2-4)17(11,15)16/h1-3H,(H2,12,13,14). The number of halogens is 2. The number of rotatable bonds is 1. The molecule has 0 amide bonds. The molecular weight excluding hydrogens is 334 g/mol. The molecule has 0 aliphatic rings. The van der Waals surface area contributed by atoms with Crippen molar-refractivity contribution in [2.45, 2.75) is 4.90 Å². The van der Waals surface area contributed by atoms with Crippen LogP contribution >= 0.6 is 26.6 Å². The molecule has 0 aliphatic heterocycles. The predicted molar refractivity (Wildman–Crippen MR) is 67.0 cm³/mol. The molecule has 1 aromatic carbocycles. The van der Waals surface area contributed by atoms with Gasteiger partial charge in [-0.15, -0.1) is 0 Å². The lowest BCUT2D eigenvalue weighted by Gasteiger charge is -2.05. The molecule has 1 aromatic heterocycles. The van der Waals surface area contributed by atoms with Gasteiger partial charge in [0, 0.05) is 26.6 Å². The summed E-state index contributed by atoms with van der Waals surface area (Å²) < 4.78 is 23.1. The Morgan fingerprint density at radius 2 is 1.94 bits per heavy atom. The largest absolute Gasteiger partial charge is 0.507 e. The van der Waals surface area contributed by atoms with E-state index in [4.69, 9.17) is 10.7 Å². The molecule has 0 unspecified atom stereocenters. The Kier molecular flexibility index (Phi) is 2.92. The number of aromatic nitrogens is 1. The first-order valence-electron chi connectivity index (χ1n) is 4.29.